The van der Waals surface area contributed by atoms with Gasteiger partial charge in [0.25, 0.3) is 0 Å². The number of ether oxygens (including phenoxy) is 1. The summed E-state index contributed by atoms with van der Waals surface area (Å²) in [6, 6.07) is 23.6. The van der Waals surface area contributed by atoms with Crippen LogP contribution in [0.4, 0.5) is 5.69 Å². The molecule has 39 heavy (non-hydrogen) atoms. The van der Waals surface area contributed by atoms with Crippen molar-refractivity contribution < 1.29 is 17.9 Å². The summed E-state index contributed by atoms with van der Waals surface area (Å²) in [5, 5.41) is 12.2. The molecule has 2 heterocycles. The largest absolute Gasteiger partial charge is 0.492 e. The molecular weight excluding hydrogens is 534 g/mol. The van der Waals surface area contributed by atoms with Gasteiger partial charge in [-0.1, -0.05) is 54.2 Å². The van der Waals surface area contributed by atoms with E-state index in [1.165, 1.54) is 16.1 Å². The van der Waals surface area contributed by atoms with Crippen LogP contribution in [0.1, 0.15) is 19.8 Å². The number of aromatic nitrogens is 3. The van der Waals surface area contributed by atoms with Crippen LogP contribution in [-0.4, -0.2) is 58.8 Å². The van der Waals surface area contributed by atoms with Crippen LogP contribution in [-0.2, 0) is 14.8 Å². The molecule has 9 nitrogen and oxygen atoms in total. The maximum absolute atomic E-state index is 13.2. The molecular formula is C28H29N5O4S2. The van der Waals surface area contributed by atoms with Gasteiger partial charge in [-0.05, 0) is 56.2 Å². The number of nitrogens with zero attached hydrogens (tertiary/aromatic N) is 4. The standard InChI is InChI=1S/C28H29N5O4S2/c1-2-37-25-16-7-6-15-24(25)29-26(34)20-38-28-31-30-27(33(28)22-12-4-3-5-13-22)21-11-10-14-23(19-21)39(35,36)32-17-8-9-18-32/h3-7,10-16,19H,2,8-9,17-18,20H2,1H3,(H,29,34). The van der Waals surface area contributed by atoms with Gasteiger partial charge in [0.1, 0.15) is 5.75 Å². The van der Waals surface area contributed by atoms with Crippen molar-refractivity contribution in [1.29, 1.82) is 0 Å². The molecule has 0 saturated carbocycles. The molecule has 0 unspecified atom stereocenters. The first-order valence-electron chi connectivity index (χ1n) is 12.7. The third-order valence-corrected chi connectivity index (χ3v) is 9.06. The van der Waals surface area contributed by atoms with E-state index in [1.54, 1.807) is 24.3 Å². The Morgan fingerprint density at radius 2 is 1.72 bits per heavy atom. The van der Waals surface area contributed by atoms with Crippen molar-refractivity contribution in [1.82, 2.24) is 19.1 Å². The van der Waals surface area contributed by atoms with Crippen molar-refractivity contribution in [3.05, 3.63) is 78.9 Å². The summed E-state index contributed by atoms with van der Waals surface area (Å²) >= 11 is 1.24. The monoisotopic (exact) mass is 563 g/mol. The number of benzene rings is 3. The van der Waals surface area contributed by atoms with E-state index >= 15 is 0 Å². The van der Waals surface area contributed by atoms with E-state index in [4.69, 9.17) is 4.74 Å². The molecule has 0 radical (unpaired) electrons. The van der Waals surface area contributed by atoms with E-state index in [2.05, 4.69) is 15.5 Å². The molecule has 0 aliphatic carbocycles. The number of para-hydroxylation sites is 3. The van der Waals surface area contributed by atoms with Gasteiger partial charge >= 0.3 is 0 Å². The average molecular weight is 564 g/mol. The van der Waals surface area contributed by atoms with Crippen molar-refractivity contribution in [3.63, 3.8) is 0 Å². The highest BCUT2D eigenvalue weighted by Crippen LogP contribution is 2.31. The van der Waals surface area contributed by atoms with E-state index < -0.39 is 10.0 Å². The maximum Gasteiger partial charge on any atom is 0.243 e. The number of carbonyl (C=O) groups excluding carboxylic acids is 1. The number of hydrogen-bond donors (Lipinski definition) is 1. The Morgan fingerprint density at radius 3 is 2.49 bits per heavy atom. The smallest absolute Gasteiger partial charge is 0.243 e. The third kappa shape index (κ3) is 6.00. The number of nitrogens with one attached hydrogen (secondary N) is 1. The Kier molecular flexibility index (Phi) is 8.30. The molecule has 1 fully saturated rings. The second-order valence-electron chi connectivity index (χ2n) is 8.88. The second kappa shape index (κ2) is 12.0. The lowest BCUT2D eigenvalue weighted by atomic mass is 10.2. The quantitative estimate of drug-likeness (QED) is 0.275. The Hall–Kier alpha value is -3.67. The summed E-state index contributed by atoms with van der Waals surface area (Å²) < 4.78 is 35.4. The van der Waals surface area contributed by atoms with Crippen LogP contribution >= 0.6 is 11.8 Å². The van der Waals surface area contributed by atoms with Crippen LogP contribution in [0.25, 0.3) is 17.1 Å². The highest BCUT2D eigenvalue weighted by Gasteiger charge is 2.28. The molecule has 0 bridgehead atoms. The highest BCUT2D eigenvalue weighted by molar-refractivity contribution is 7.99. The topological polar surface area (TPSA) is 106 Å². The second-order valence-corrected chi connectivity index (χ2v) is 11.8. The van der Waals surface area contributed by atoms with Crippen molar-refractivity contribution >= 4 is 33.4 Å². The van der Waals surface area contributed by atoms with Gasteiger partial charge in [-0.25, -0.2) is 8.42 Å². The fourth-order valence-corrected chi connectivity index (χ4v) is 6.72. The van der Waals surface area contributed by atoms with Gasteiger partial charge in [0, 0.05) is 24.3 Å². The molecule has 3 aromatic carbocycles. The molecule has 4 aromatic rings. The van der Waals surface area contributed by atoms with Crippen molar-refractivity contribution in [2.45, 2.75) is 29.8 Å². The van der Waals surface area contributed by atoms with Gasteiger partial charge in [0.05, 0.1) is 22.9 Å². The molecule has 202 valence electrons. The number of rotatable bonds is 10. The summed E-state index contributed by atoms with van der Waals surface area (Å²) in [6.07, 6.45) is 1.74. The lowest BCUT2D eigenvalue weighted by Crippen LogP contribution is -2.27. The van der Waals surface area contributed by atoms with Crippen LogP contribution in [0.5, 0.6) is 5.75 Å². The van der Waals surface area contributed by atoms with Crippen LogP contribution in [0.15, 0.2) is 88.9 Å². The highest BCUT2D eigenvalue weighted by atomic mass is 32.2. The van der Waals surface area contributed by atoms with Gasteiger partial charge in [-0.2, -0.15) is 4.31 Å². The van der Waals surface area contributed by atoms with E-state index in [-0.39, 0.29) is 16.6 Å². The van der Waals surface area contributed by atoms with E-state index in [0.717, 1.165) is 18.5 Å². The zero-order chi connectivity index (χ0) is 27.2. The Morgan fingerprint density at radius 1 is 0.974 bits per heavy atom. The molecule has 1 N–H and O–H groups in total. The van der Waals surface area contributed by atoms with Gasteiger partial charge in [0.15, 0.2) is 11.0 Å². The lowest BCUT2D eigenvalue weighted by Gasteiger charge is -2.16. The molecule has 11 heteroatoms. The predicted octanol–water partition coefficient (Wildman–Crippen LogP) is 4.85. The van der Waals surface area contributed by atoms with Gasteiger partial charge < -0.3 is 10.1 Å². The number of amides is 1. The number of carbonyl (C=O) groups is 1. The first-order valence-corrected chi connectivity index (χ1v) is 15.2. The Balaban J connectivity index is 1.42. The van der Waals surface area contributed by atoms with Crippen LogP contribution in [0.3, 0.4) is 0 Å². The van der Waals surface area contributed by atoms with E-state index in [9.17, 15) is 13.2 Å². The first kappa shape index (κ1) is 26.9. The zero-order valence-electron chi connectivity index (χ0n) is 21.5. The average Bonchev–Trinajstić information content (AvgIpc) is 3.65. The fraction of sp³-hybridized carbons (Fsp3) is 0.250. The van der Waals surface area contributed by atoms with Crippen LogP contribution < -0.4 is 10.1 Å². The maximum atomic E-state index is 13.2. The minimum Gasteiger partial charge on any atom is -0.492 e. The van der Waals surface area contributed by atoms with Crippen molar-refractivity contribution in [3.8, 4) is 22.8 Å². The SMILES string of the molecule is CCOc1ccccc1NC(=O)CSc1nnc(-c2cccc(S(=O)(=O)N3CCCC3)c2)n1-c1ccccc1. The molecule has 0 atom stereocenters. The lowest BCUT2D eigenvalue weighted by molar-refractivity contribution is -0.113. The van der Waals surface area contributed by atoms with Gasteiger partial charge in [-0.15, -0.1) is 10.2 Å². The molecule has 0 spiro atoms. The van der Waals surface area contributed by atoms with Gasteiger partial charge in [-0.3, -0.25) is 9.36 Å². The van der Waals surface area contributed by atoms with E-state index in [0.29, 0.717) is 47.7 Å². The molecule has 5 rings (SSSR count). The molecule has 1 aliphatic rings. The minimum absolute atomic E-state index is 0.0921. The Bertz CT molecular complexity index is 1550. The zero-order valence-corrected chi connectivity index (χ0v) is 23.1. The molecule has 1 saturated heterocycles. The molecule has 1 aromatic heterocycles. The first-order chi connectivity index (χ1) is 19.0. The number of hydrogen-bond acceptors (Lipinski definition) is 7. The van der Waals surface area contributed by atoms with Crippen molar-refractivity contribution in [2.75, 3.05) is 30.8 Å². The van der Waals surface area contributed by atoms with E-state index in [1.807, 2.05) is 66.1 Å². The minimum atomic E-state index is -3.59. The summed E-state index contributed by atoms with van der Waals surface area (Å²) in [6.45, 7) is 3.44. The summed E-state index contributed by atoms with van der Waals surface area (Å²) in [5.41, 5.74) is 2.02. The Labute approximate surface area is 232 Å². The third-order valence-electron chi connectivity index (χ3n) is 6.24. The number of sulfonamides is 1. The van der Waals surface area contributed by atoms with Crippen molar-refractivity contribution in [2.24, 2.45) is 0 Å². The summed E-state index contributed by atoms with van der Waals surface area (Å²) in [7, 11) is -3.59. The number of thioether (sulfide) groups is 1. The number of anilines is 1. The van der Waals surface area contributed by atoms with Crippen LogP contribution in [0.2, 0.25) is 0 Å². The summed E-state index contributed by atoms with van der Waals surface area (Å²) in [5.74, 6) is 0.977. The van der Waals surface area contributed by atoms with Gasteiger partial charge in [0.2, 0.25) is 15.9 Å². The summed E-state index contributed by atoms with van der Waals surface area (Å²) in [4.78, 5) is 13.1. The fourth-order valence-electron chi connectivity index (χ4n) is 4.40. The molecule has 1 aliphatic heterocycles. The predicted molar refractivity (Wildman–Crippen MR) is 152 cm³/mol. The normalized spacial score (nSPS) is 13.9. The molecule has 1 amide bonds. The van der Waals surface area contributed by atoms with Crippen LogP contribution in [0, 0.1) is 0 Å².